The number of hydrogen-bond acceptors (Lipinski definition) is 5. The molecule has 2 aromatic carbocycles. The number of carbonyl (C=O) groups is 1. The summed E-state index contributed by atoms with van der Waals surface area (Å²) in [4.78, 5) is 16.9. The lowest BCUT2D eigenvalue weighted by Crippen LogP contribution is -2.26. The van der Waals surface area contributed by atoms with E-state index >= 15 is 0 Å². The lowest BCUT2D eigenvalue weighted by Gasteiger charge is -2.09. The van der Waals surface area contributed by atoms with E-state index in [4.69, 9.17) is 21.1 Å². The standard InChI is InChI=1S/C21H22ClFN4O3/c1-4-27-19(25-21(26-27)14-5-6-17(22)18(23)9-14)11-20(28)24-12-13-7-15(29-2)10-16(8-13)30-3/h5-10H,4,11-12H2,1-3H3,(H,24,28). The Kier molecular flexibility index (Phi) is 6.89. The van der Waals surface area contributed by atoms with Gasteiger partial charge in [-0.05, 0) is 42.8 Å². The lowest BCUT2D eigenvalue weighted by molar-refractivity contribution is -0.120. The van der Waals surface area contributed by atoms with Crippen LogP contribution in [-0.2, 0) is 24.3 Å². The molecular weight excluding hydrogens is 411 g/mol. The van der Waals surface area contributed by atoms with Crippen molar-refractivity contribution >= 4 is 17.5 Å². The fraction of sp³-hybridized carbons (Fsp3) is 0.286. The van der Waals surface area contributed by atoms with Gasteiger partial charge in [-0.15, -0.1) is 0 Å². The third kappa shape index (κ3) is 5.07. The Labute approximate surface area is 178 Å². The predicted octanol–water partition coefficient (Wildman–Crippen LogP) is 3.63. The minimum absolute atomic E-state index is 0.0300. The zero-order valence-corrected chi connectivity index (χ0v) is 17.7. The van der Waals surface area contributed by atoms with Gasteiger partial charge in [0.2, 0.25) is 5.91 Å². The van der Waals surface area contributed by atoms with Crippen LogP contribution in [0.25, 0.3) is 11.4 Å². The molecule has 0 bridgehead atoms. The molecule has 0 saturated heterocycles. The SMILES string of the molecule is CCn1nc(-c2ccc(Cl)c(F)c2)nc1CC(=O)NCc1cc(OC)cc(OC)c1. The van der Waals surface area contributed by atoms with Crippen molar-refractivity contribution in [3.63, 3.8) is 0 Å². The molecule has 0 unspecified atom stereocenters. The summed E-state index contributed by atoms with van der Waals surface area (Å²) in [6, 6.07) is 9.78. The second-order valence-corrected chi connectivity index (χ2v) is 6.88. The highest BCUT2D eigenvalue weighted by atomic mass is 35.5. The van der Waals surface area contributed by atoms with E-state index < -0.39 is 5.82 Å². The van der Waals surface area contributed by atoms with E-state index in [2.05, 4.69) is 15.4 Å². The average Bonchev–Trinajstić information content (AvgIpc) is 3.16. The van der Waals surface area contributed by atoms with Crippen LogP contribution in [0.1, 0.15) is 18.3 Å². The van der Waals surface area contributed by atoms with Crippen LogP contribution in [0, 0.1) is 5.82 Å². The molecule has 0 fully saturated rings. The van der Waals surface area contributed by atoms with Crippen LogP contribution in [0.5, 0.6) is 11.5 Å². The molecule has 1 N–H and O–H groups in total. The summed E-state index contributed by atoms with van der Waals surface area (Å²) in [5.74, 6) is 1.35. The first-order chi connectivity index (χ1) is 14.4. The molecule has 0 aliphatic carbocycles. The molecule has 1 heterocycles. The number of amides is 1. The smallest absolute Gasteiger partial charge is 0.227 e. The number of hydrogen-bond donors (Lipinski definition) is 1. The predicted molar refractivity (Wildman–Crippen MR) is 111 cm³/mol. The molecule has 7 nitrogen and oxygen atoms in total. The molecule has 0 aliphatic heterocycles. The Morgan fingerprint density at radius 1 is 1.17 bits per heavy atom. The molecule has 3 rings (SSSR count). The molecule has 0 saturated carbocycles. The summed E-state index contributed by atoms with van der Waals surface area (Å²) in [5, 5.41) is 7.26. The minimum Gasteiger partial charge on any atom is -0.497 e. The molecule has 0 spiro atoms. The maximum atomic E-state index is 13.8. The quantitative estimate of drug-likeness (QED) is 0.588. The molecule has 30 heavy (non-hydrogen) atoms. The fourth-order valence-electron chi connectivity index (χ4n) is 2.89. The van der Waals surface area contributed by atoms with Crippen LogP contribution in [0.2, 0.25) is 5.02 Å². The number of nitrogens with one attached hydrogen (secondary N) is 1. The zero-order chi connectivity index (χ0) is 21.7. The third-order valence-electron chi connectivity index (χ3n) is 4.45. The summed E-state index contributed by atoms with van der Waals surface area (Å²) in [6.45, 7) is 2.73. The number of methoxy groups -OCH3 is 2. The maximum Gasteiger partial charge on any atom is 0.227 e. The van der Waals surface area contributed by atoms with E-state index in [1.165, 1.54) is 12.1 Å². The normalized spacial score (nSPS) is 10.7. The van der Waals surface area contributed by atoms with E-state index in [1.807, 2.05) is 19.1 Å². The molecule has 0 atom stereocenters. The van der Waals surface area contributed by atoms with E-state index in [1.54, 1.807) is 31.0 Å². The van der Waals surface area contributed by atoms with Gasteiger partial charge in [-0.2, -0.15) is 5.10 Å². The van der Waals surface area contributed by atoms with Crippen LogP contribution in [0.3, 0.4) is 0 Å². The summed E-state index contributed by atoms with van der Waals surface area (Å²) < 4.78 is 25.9. The number of ether oxygens (including phenoxy) is 2. The van der Waals surface area contributed by atoms with Crippen molar-refractivity contribution in [3.05, 3.63) is 58.6 Å². The van der Waals surface area contributed by atoms with Crippen molar-refractivity contribution in [1.82, 2.24) is 20.1 Å². The van der Waals surface area contributed by atoms with Gasteiger partial charge < -0.3 is 14.8 Å². The molecule has 0 radical (unpaired) electrons. The Balaban J connectivity index is 1.70. The number of halogens is 2. The first kappa shape index (κ1) is 21.6. The topological polar surface area (TPSA) is 78.3 Å². The van der Waals surface area contributed by atoms with Gasteiger partial charge in [0.1, 0.15) is 23.1 Å². The van der Waals surface area contributed by atoms with E-state index in [0.717, 1.165) is 5.56 Å². The van der Waals surface area contributed by atoms with E-state index in [9.17, 15) is 9.18 Å². The van der Waals surface area contributed by atoms with Crippen molar-refractivity contribution in [2.45, 2.75) is 26.4 Å². The second kappa shape index (κ2) is 9.58. The van der Waals surface area contributed by atoms with Crippen LogP contribution >= 0.6 is 11.6 Å². The van der Waals surface area contributed by atoms with Gasteiger partial charge in [-0.3, -0.25) is 4.79 Å². The number of nitrogens with zero attached hydrogens (tertiary/aromatic N) is 3. The summed E-state index contributed by atoms with van der Waals surface area (Å²) in [6.07, 6.45) is 0.0397. The van der Waals surface area contributed by atoms with Crippen molar-refractivity contribution in [2.24, 2.45) is 0 Å². The number of aromatic nitrogens is 3. The van der Waals surface area contributed by atoms with Crippen molar-refractivity contribution in [2.75, 3.05) is 14.2 Å². The molecular formula is C21H22ClFN4O3. The zero-order valence-electron chi connectivity index (χ0n) is 16.9. The first-order valence-corrected chi connectivity index (χ1v) is 9.69. The highest BCUT2D eigenvalue weighted by Gasteiger charge is 2.15. The number of rotatable bonds is 8. The molecule has 1 amide bonds. The number of carbonyl (C=O) groups excluding carboxylic acids is 1. The van der Waals surface area contributed by atoms with Crippen molar-refractivity contribution in [3.8, 4) is 22.9 Å². The van der Waals surface area contributed by atoms with Gasteiger partial charge >= 0.3 is 0 Å². The first-order valence-electron chi connectivity index (χ1n) is 9.31. The van der Waals surface area contributed by atoms with Gasteiger partial charge in [0, 0.05) is 24.7 Å². The highest BCUT2D eigenvalue weighted by Crippen LogP contribution is 2.23. The van der Waals surface area contributed by atoms with Gasteiger partial charge in [-0.25, -0.2) is 14.1 Å². The Morgan fingerprint density at radius 3 is 2.47 bits per heavy atom. The summed E-state index contributed by atoms with van der Waals surface area (Å²) >= 11 is 5.73. The van der Waals surface area contributed by atoms with Crippen molar-refractivity contribution in [1.29, 1.82) is 0 Å². The van der Waals surface area contributed by atoms with Crippen LogP contribution in [0.4, 0.5) is 4.39 Å². The Morgan fingerprint density at radius 2 is 1.87 bits per heavy atom. The Hall–Kier alpha value is -3.13. The molecule has 9 heteroatoms. The third-order valence-corrected chi connectivity index (χ3v) is 4.75. The van der Waals surface area contributed by atoms with Crippen LogP contribution in [-0.4, -0.2) is 34.9 Å². The van der Waals surface area contributed by atoms with Gasteiger partial charge in [0.05, 0.1) is 25.7 Å². The van der Waals surface area contributed by atoms with Crippen molar-refractivity contribution < 1.29 is 18.7 Å². The fourth-order valence-corrected chi connectivity index (χ4v) is 3.01. The van der Waals surface area contributed by atoms with Gasteiger partial charge in [0.25, 0.3) is 0 Å². The van der Waals surface area contributed by atoms with Gasteiger partial charge in [0.15, 0.2) is 5.82 Å². The van der Waals surface area contributed by atoms with Crippen LogP contribution in [0.15, 0.2) is 36.4 Å². The van der Waals surface area contributed by atoms with E-state index in [-0.39, 0.29) is 17.4 Å². The summed E-state index contributed by atoms with van der Waals surface area (Å²) in [5.41, 5.74) is 1.34. The number of benzene rings is 2. The second-order valence-electron chi connectivity index (χ2n) is 6.47. The molecule has 1 aromatic heterocycles. The molecule has 158 valence electrons. The average molecular weight is 433 g/mol. The molecule has 0 aliphatic rings. The monoisotopic (exact) mass is 432 g/mol. The number of aryl methyl sites for hydroxylation is 1. The Bertz CT molecular complexity index is 1030. The lowest BCUT2D eigenvalue weighted by atomic mass is 10.2. The highest BCUT2D eigenvalue weighted by molar-refractivity contribution is 6.30. The molecule has 3 aromatic rings. The van der Waals surface area contributed by atoms with Gasteiger partial charge in [-0.1, -0.05) is 11.6 Å². The largest absolute Gasteiger partial charge is 0.497 e. The van der Waals surface area contributed by atoms with E-state index in [0.29, 0.717) is 41.8 Å². The van der Waals surface area contributed by atoms with Crippen LogP contribution < -0.4 is 14.8 Å². The maximum absolute atomic E-state index is 13.8. The summed E-state index contributed by atoms with van der Waals surface area (Å²) in [7, 11) is 3.14. The minimum atomic E-state index is -0.546.